The van der Waals surface area contributed by atoms with E-state index in [1.54, 1.807) is 0 Å². The van der Waals surface area contributed by atoms with E-state index < -0.39 is 0 Å². The van der Waals surface area contributed by atoms with E-state index in [0.29, 0.717) is 12.3 Å². The molecule has 0 aliphatic rings. The second-order valence-corrected chi connectivity index (χ2v) is 6.97. The molecule has 0 radical (unpaired) electrons. The number of carbonyl (C=O) groups excluding carboxylic acids is 1. The van der Waals surface area contributed by atoms with Gasteiger partial charge >= 0.3 is 0 Å². The normalized spacial score (nSPS) is 11.4. The summed E-state index contributed by atoms with van der Waals surface area (Å²) in [6.07, 6.45) is 5.93. The highest BCUT2D eigenvalue weighted by Crippen LogP contribution is 2.29. The first-order valence-corrected chi connectivity index (χ1v) is 9.99. The summed E-state index contributed by atoms with van der Waals surface area (Å²) in [5.74, 6) is 0.515. The van der Waals surface area contributed by atoms with Gasteiger partial charge in [0.15, 0.2) is 5.78 Å². The van der Waals surface area contributed by atoms with E-state index in [9.17, 15) is 10.1 Å². The quantitative estimate of drug-likeness (QED) is 0.355. The molecule has 0 aliphatic carbocycles. The van der Waals surface area contributed by atoms with Gasteiger partial charge in [0.2, 0.25) is 0 Å². The summed E-state index contributed by atoms with van der Waals surface area (Å²) < 4.78 is 0. The molecule has 0 saturated carbocycles. The molecule has 2 rings (SSSR count). The van der Waals surface area contributed by atoms with Crippen molar-refractivity contribution in [2.24, 2.45) is 5.92 Å². The second-order valence-electron chi connectivity index (χ2n) is 6.97. The van der Waals surface area contributed by atoms with Crippen LogP contribution in [0, 0.1) is 17.2 Å². The Kier molecular flexibility index (Phi) is 8.52. The van der Waals surface area contributed by atoms with Gasteiger partial charge in [0, 0.05) is 12.0 Å². The molecule has 0 saturated heterocycles. The summed E-state index contributed by atoms with van der Waals surface area (Å²) in [5.41, 5.74) is 2.83. The Morgan fingerprint density at radius 1 is 0.926 bits per heavy atom. The number of ketones is 1. The Hall–Kier alpha value is -2.66. The van der Waals surface area contributed by atoms with Crippen LogP contribution >= 0.6 is 0 Å². The standard InChI is InChI=1S/C25H29NO/c1-3-5-12-20(4-2)17-18-24(27)23(19-26)25(21-13-8-6-9-14-21)22-15-10-7-11-16-22/h6-11,13-16,20H,3-5,12,17-18H2,1-2H3. The van der Waals surface area contributed by atoms with Gasteiger partial charge in [-0.3, -0.25) is 4.79 Å². The summed E-state index contributed by atoms with van der Waals surface area (Å²) in [6, 6.07) is 21.7. The zero-order valence-electron chi connectivity index (χ0n) is 16.4. The number of unbranched alkanes of at least 4 members (excludes halogenated alkanes) is 1. The lowest BCUT2D eigenvalue weighted by atomic mass is 9.88. The highest BCUT2D eigenvalue weighted by atomic mass is 16.1. The molecule has 2 nitrogen and oxygen atoms in total. The molecule has 0 amide bonds. The third kappa shape index (κ3) is 5.93. The van der Waals surface area contributed by atoms with E-state index in [1.165, 1.54) is 12.8 Å². The summed E-state index contributed by atoms with van der Waals surface area (Å²) in [6.45, 7) is 4.38. The van der Waals surface area contributed by atoms with Gasteiger partial charge in [0.25, 0.3) is 0 Å². The van der Waals surface area contributed by atoms with Crippen molar-refractivity contribution in [3.8, 4) is 6.07 Å². The van der Waals surface area contributed by atoms with Gasteiger partial charge in [-0.2, -0.15) is 5.26 Å². The summed E-state index contributed by atoms with van der Waals surface area (Å²) in [4.78, 5) is 13.0. The smallest absolute Gasteiger partial charge is 0.174 e. The molecule has 0 aromatic heterocycles. The van der Waals surface area contributed by atoms with E-state index in [4.69, 9.17) is 0 Å². The monoisotopic (exact) mass is 359 g/mol. The van der Waals surface area contributed by atoms with Crippen molar-refractivity contribution in [2.75, 3.05) is 0 Å². The van der Waals surface area contributed by atoms with Crippen molar-refractivity contribution in [1.82, 2.24) is 0 Å². The van der Waals surface area contributed by atoms with E-state index in [0.717, 1.165) is 36.0 Å². The van der Waals surface area contributed by atoms with Gasteiger partial charge < -0.3 is 0 Å². The van der Waals surface area contributed by atoms with Crippen molar-refractivity contribution < 1.29 is 4.79 Å². The maximum absolute atomic E-state index is 13.0. The average molecular weight is 360 g/mol. The lowest BCUT2D eigenvalue weighted by molar-refractivity contribution is -0.115. The van der Waals surface area contributed by atoms with Gasteiger partial charge in [-0.15, -0.1) is 0 Å². The fourth-order valence-corrected chi connectivity index (χ4v) is 3.43. The van der Waals surface area contributed by atoms with E-state index >= 15 is 0 Å². The van der Waals surface area contributed by atoms with Crippen LogP contribution in [-0.2, 0) is 4.79 Å². The highest BCUT2D eigenvalue weighted by Gasteiger charge is 2.19. The van der Waals surface area contributed by atoms with Crippen LogP contribution in [0.1, 0.15) is 63.5 Å². The number of hydrogen-bond donors (Lipinski definition) is 0. The minimum atomic E-state index is -0.0462. The number of rotatable bonds is 10. The first-order chi connectivity index (χ1) is 13.2. The zero-order valence-corrected chi connectivity index (χ0v) is 16.4. The van der Waals surface area contributed by atoms with Gasteiger partial charge in [-0.25, -0.2) is 0 Å². The molecule has 1 unspecified atom stereocenters. The van der Waals surface area contributed by atoms with Crippen LogP contribution in [0.15, 0.2) is 66.2 Å². The lowest BCUT2D eigenvalue weighted by Gasteiger charge is -2.15. The molecule has 0 aliphatic heterocycles. The first kappa shape index (κ1) is 20.6. The number of carbonyl (C=O) groups is 1. The SMILES string of the molecule is CCCCC(CC)CCC(=O)C(C#N)=C(c1ccccc1)c1ccccc1. The lowest BCUT2D eigenvalue weighted by Crippen LogP contribution is -2.09. The summed E-state index contributed by atoms with van der Waals surface area (Å²) >= 11 is 0. The molecule has 2 heteroatoms. The predicted molar refractivity (Wildman–Crippen MR) is 112 cm³/mol. The molecule has 1 atom stereocenters. The molecule has 0 spiro atoms. The van der Waals surface area contributed by atoms with Gasteiger partial charge in [0.1, 0.15) is 11.6 Å². The van der Waals surface area contributed by atoms with E-state index in [1.807, 2.05) is 60.7 Å². The van der Waals surface area contributed by atoms with Crippen molar-refractivity contribution >= 4 is 11.4 Å². The fraction of sp³-hybridized carbons (Fsp3) is 0.360. The molecule has 0 fully saturated rings. The minimum absolute atomic E-state index is 0.0462. The number of benzene rings is 2. The molecule has 0 bridgehead atoms. The third-order valence-corrected chi connectivity index (χ3v) is 5.09. The molecule has 27 heavy (non-hydrogen) atoms. The van der Waals surface area contributed by atoms with Crippen molar-refractivity contribution in [3.05, 3.63) is 77.4 Å². The maximum Gasteiger partial charge on any atom is 0.174 e. The molecule has 2 aromatic rings. The van der Waals surface area contributed by atoms with Crippen LogP contribution in [-0.4, -0.2) is 5.78 Å². The van der Waals surface area contributed by atoms with Gasteiger partial charge in [-0.1, -0.05) is 100 Å². The minimum Gasteiger partial charge on any atom is -0.293 e. The molecular formula is C25H29NO. The van der Waals surface area contributed by atoms with Crippen molar-refractivity contribution in [3.63, 3.8) is 0 Å². The van der Waals surface area contributed by atoms with Gasteiger partial charge in [-0.05, 0) is 23.5 Å². The maximum atomic E-state index is 13.0. The summed E-state index contributed by atoms with van der Waals surface area (Å²) in [5, 5.41) is 9.82. The van der Waals surface area contributed by atoms with Gasteiger partial charge in [0.05, 0.1) is 0 Å². The number of Topliss-reactive ketones (excluding diaryl/α,β-unsaturated/α-hetero) is 1. The van der Waals surface area contributed by atoms with Crippen LogP contribution < -0.4 is 0 Å². The van der Waals surface area contributed by atoms with Crippen LogP contribution in [0.2, 0.25) is 0 Å². The first-order valence-electron chi connectivity index (χ1n) is 9.99. The van der Waals surface area contributed by atoms with E-state index in [-0.39, 0.29) is 11.4 Å². The Balaban J connectivity index is 2.33. The Labute approximate surface area is 163 Å². The average Bonchev–Trinajstić information content (AvgIpc) is 2.73. The largest absolute Gasteiger partial charge is 0.293 e. The molecule has 0 N–H and O–H groups in total. The highest BCUT2D eigenvalue weighted by molar-refractivity contribution is 6.09. The van der Waals surface area contributed by atoms with E-state index in [2.05, 4.69) is 19.9 Å². The second kappa shape index (κ2) is 11.1. The Morgan fingerprint density at radius 3 is 1.93 bits per heavy atom. The number of nitriles is 1. The Morgan fingerprint density at radius 2 is 1.48 bits per heavy atom. The van der Waals surface area contributed by atoms with Crippen molar-refractivity contribution in [1.29, 1.82) is 5.26 Å². The molecule has 0 heterocycles. The summed E-state index contributed by atoms with van der Waals surface area (Å²) in [7, 11) is 0. The van der Waals surface area contributed by atoms with Crippen LogP contribution in [0.3, 0.4) is 0 Å². The topological polar surface area (TPSA) is 40.9 Å². The van der Waals surface area contributed by atoms with Crippen molar-refractivity contribution in [2.45, 2.75) is 52.4 Å². The number of allylic oxidation sites excluding steroid dienone is 1. The fourth-order valence-electron chi connectivity index (χ4n) is 3.43. The van der Waals surface area contributed by atoms with Crippen LogP contribution in [0.5, 0.6) is 0 Å². The zero-order chi connectivity index (χ0) is 19.5. The predicted octanol–water partition coefficient (Wildman–Crippen LogP) is 6.58. The number of nitrogens with zero attached hydrogens (tertiary/aromatic N) is 1. The third-order valence-electron chi connectivity index (χ3n) is 5.09. The Bertz CT molecular complexity index is 743. The molecular weight excluding hydrogens is 330 g/mol. The van der Waals surface area contributed by atoms with Crippen LogP contribution in [0.4, 0.5) is 0 Å². The number of hydrogen-bond acceptors (Lipinski definition) is 2. The molecule has 2 aromatic carbocycles. The van der Waals surface area contributed by atoms with Crippen LogP contribution in [0.25, 0.3) is 5.57 Å². The molecule has 140 valence electrons.